The van der Waals surface area contributed by atoms with Gasteiger partial charge in [0.2, 0.25) is 0 Å². The highest BCUT2D eigenvalue weighted by Gasteiger charge is 2.06. The van der Waals surface area contributed by atoms with Crippen LogP contribution in [0.3, 0.4) is 0 Å². The summed E-state index contributed by atoms with van der Waals surface area (Å²) in [5.74, 6) is 3.98. The van der Waals surface area contributed by atoms with Gasteiger partial charge in [-0.3, -0.25) is 4.79 Å². The van der Waals surface area contributed by atoms with Gasteiger partial charge in [0.1, 0.15) is 11.5 Å². The Morgan fingerprint density at radius 1 is 0.846 bits per heavy atom. The van der Waals surface area contributed by atoms with Crippen molar-refractivity contribution in [1.82, 2.24) is 0 Å². The smallest absolute Gasteiger partial charge is 0.302 e. The van der Waals surface area contributed by atoms with Gasteiger partial charge < -0.3 is 14.9 Å². The van der Waals surface area contributed by atoms with Crippen molar-refractivity contribution in [1.29, 1.82) is 0 Å². The van der Waals surface area contributed by atoms with Gasteiger partial charge in [0.05, 0.1) is 6.61 Å². The summed E-state index contributed by atoms with van der Waals surface area (Å²) in [7, 11) is 0. The standard InChI is InChI=1S/C16H16O2S2.C4H8O2/c17-15-3-11-1-12(4-15)8-20-10-14-2-13(9-19-7-11)5-16(18)6-14;1-3-6-4(2)5/h1-6,17-18H,7-10H2;3H2,1-2H3. The Bertz CT molecular complexity index is 647. The van der Waals surface area contributed by atoms with Crippen molar-refractivity contribution in [2.75, 3.05) is 6.61 Å². The predicted molar refractivity (Wildman–Crippen MR) is 109 cm³/mol. The molecule has 0 radical (unpaired) electrons. The molecule has 0 spiro atoms. The van der Waals surface area contributed by atoms with Crippen molar-refractivity contribution >= 4 is 29.5 Å². The van der Waals surface area contributed by atoms with Crippen molar-refractivity contribution in [3.05, 3.63) is 58.7 Å². The maximum Gasteiger partial charge on any atom is 0.302 e. The van der Waals surface area contributed by atoms with Crippen LogP contribution in [0.25, 0.3) is 0 Å². The SMILES string of the molecule is CCOC(C)=O.Oc1cc2cc(c1)CSCc1cc(O)cc(c1)CSC2. The zero-order valence-electron chi connectivity index (χ0n) is 15.0. The molecule has 0 unspecified atom stereocenters. The predicted octanol–water partition coefficient (Wildman–Crippen LogP) is 4.85. The molecule has 1 aliphatic heterocycles. The molecule has 1 heterocycles. The minimum atomic E-state index is -0.211. The number of carbonyl (C=O) groups is 1. The van der Waals surface area contributed by atoms with Crippen LogP contribution in [0.2, 0.25) is 0 Å². The summed E-state index contributed by atoms with van der Waals surface area (Å²) in [6.45, 7) is 3.65. The molecule has 26 heavy (non-hydrogen) atoms. The highest BCUT2D eigenvalue weighted by Crippen LogP contribution is 2.29. The molecule has 1 aliphatic rings. The van der Waals surface area contributed by atoms with Crippen LogP contribution in [0.4, 0.5) is 0 Å². The second kappa shape index (κ2) is 10.4. The summed E-state index contributed by atoms with van der Waals surface area (Å²) in [6, 6.07) is 11.7. The van der Waals surface area contributed by atoms with Gasteiger partial charge in [-0.1, -0.05) is 12.1 Å². The van der Waals surface area contributed by atoms with Crippen LogP contribution in [0.15, 0.2) is 36.4 Å². The molecule has 0 amide bonds. The minimum Gasteiger partial charge on any atom is -0.508 e. The van der Waals surface area contributed by atoms with Crippen LogP contribution < -0.4 is 0 Å². The van der Waals surface area contributed by atoms with Crippen molar-refractivity contribution in [3.8, 4) is 11.5 Å². The number of aromatic hydroxyl groups is 2. The Morgan fingerprint density at radius 3 is 1.42 bits per heavy atom. The second-order valence-electron chi connectivity index (χ2n) is 5.93. The van der Waals surface area contributed by atoms with E-state index in [9.17, 15) is 15.0 Å². The molecule has 4 nitrogen and oxygen atoms in total. The maximum atomic E-state index is 9.82. The molecule has 2 aromatic rings. The number of rotatable bonds is 1. The normalized spacial score (nSPS) is 13.5. The Balaban J connectivity index is 0.000000352. The van der Waals surface area contributed by atoms with Crippen LogP contribution in [-0.4, -0.2) is 22.8 Å². The van der Waals surface area contributed by atoms with Crippen molar-refractivity contribution in [3.63, 3.8) is 0 Å². The van der Waals surface area contributed by atoms with Gasteiger partial charge >= 0.3 is 5.97 Å². The summed E-state index contributed by atoms with van der Waals surface area (Å²) in [4.78, 5) is 9.82. The first kappa shape index (κ1) is 20.5. The topological polar surface area (TPSA) is 66.8 Å². The number of thioether (sulfide) groups is 2. The number of ether oxygens (including phenoxy) is 1. The molecule has 6 heteroatoms. The molecule has 0 fully saturated rings. The maximum absolute atomic E-state index is 9.82. The van der Waals surface area contributed by atoms with Gasteiger partial charge in [-0.25, -0.2) is 0 Å². The highest BCUT2D eigenvalue weighted by molar-refractivity contribution is 7.98. The van der Waals surface area contributed by atoms with Gasteiger partial charge in [0.25, 0.3) is 0 Å². The summed E-state index contributed by atoms with van der Waals surface area (Å²) < 4.78 is 4.40. The molecule has 2 N–H and O–H groups in total. The first-order valence-corrected chi connectivity index (χ1v) is 10.7. The second-order valence-corrected chi connectivity index (χ2v) is 7.90. The lowest BCUT2D eigenvalue weighted by molar-refractivity contribution is -0.140. The number of esters is 1. The zero-order chi connectivity index (χ0) is 18.9. The summed E-state index contributed by atoms with van der Waals surface area (Å²) in [5, 5.41) is 19.6. The zero-order valence-corrected chi connectivity index (χ0v) is 16.7. The lowest BCUT2D eigenvalue weighted by atomic mass is 10.1. The van der Waals surface area contributed by atoms with Crippen molar-refractivity contribution in [2.45, 2.75) is 36.9 Å². The molecule has 4 bridgehead atoms. The monoisotopic (exact) mass is 392 g/mol. The lowest BCUT2D eigenvalue weighted by Crippen LogP contribution is -1.95. The van der Waals surface area contributed by atoms with Gasteiger partial charge in [0.15, 0.2) is 0 Å². The first-order valence-electron chi connectivity index (χ1n) is 8.38. The largest absolute Gasteiger partial charge is 0.508 e. The molecular weight excluding hydrogens is 368 g/mol. The van der Waals surface area contributed by atoms with Crippen molar-refractivity contribution < 1.29 is 19.7 Å². The fraction of sp³-hybridized carbons (Fsp3) is 0.350. The third-order valence-electron chi connectivity index (χ3n) is 3.50. The molecule has 0 aromatic heterocycles. The summed E-state index contributed by atoms with van der Waals surface area (Å²) in [6.07, 6.45) is 0. The number of carbonyl (C=O) groups excluding carboxylic acids is 1. The van der Waals surface area contributed by atoms with E-state index in [0.29, 0.717) is 18.1 Å². The van der Waals surface area contributed by atoms with Crippen LogP contribution in [-0.2, 0) is 32.5 Å². The highest BCUT2D eigenvalue weighted by atomic mass is 32.2. The van der Waals surface area contributed by atoms with Crippen LogP contribution in [0.1, 0.15) is 36.1 Å². The van der Waals surface area contributed by atoms with E-state index in [1.807, 2.05) is 24.3 Å². The Kier molecular flexibility index (Phi) is 8.19. The van der Waals surface area contributed by atoms with E-state index >= 15 is 0 Å². The Hall–Kier alpha value is -1.79. The molecule has 3 rings (SSSR count). The Morgan fingerprint density at radius 2 is 1.19 bits per heavy atom. The van der Waals surface area contributed by atoms with Gasteiger partial charge in [0, 0.05) is 29.9 Å². The van der Waals surface area contributed by atoms with Crippen LogP contribution in [0, 0.1) is 0 Å². The summed E-state index contributed by atoms with van der Waals surface area (Å²) in [5.41, 5.74) is 4.64. The number of phenolic OH excluding ortho intramolecular Hbond substituents is 2. The van der Waals surface area contributed by atoms with E-state index in [-0.39, 0.29) is 5.97 Å². The van der Waals surface area contributed by atoms with E-state index in [4.69, 9.17) is 0 Å². The van der Waals surface area contributed by atoms with E-state index < -0.39 is 0 Å². The van der Waals surface area contributed by atoms with E-state index in [2.05, 4.69) is 16.9 Å². The molecule has 140 valence electrons. The number of benzene rings is 2. The minimum absolute atomic E-state index is 0.211. The van der Waals surface area contributed by atoms with Gasteiger partial charge in [-0.15, -0.1) is 0 Å². The molecule has 0 atom stereocenters. The lowest BCUT2D eigenvalue weighted by Gasteiger charge is -2.11. The quantitative estimate of drug-likeness (QED) is 0.677. The fourth-order valence-electron chi connectivity index (χ4n) is 2.60. The molecular formula is C20H24O4S2. The van der Waals surface area contributed by atoms with Gasteiger partial charge in [-0.2, -0.15) is 23.5 Å². The number of phenols is 2. The summed E-state index contributed by atoms with van der Waals surface area (Å²) >= 11 is 3.60. The van der Waals surface area contributed by atoms with Crippen LogP contribution >= 0.6 is 23.5 Å². The molecule has 2 aromatic carbocycles. The third-order valence-corrected chi connectivity index (χ3v) is 5.65. The molecule has 0 aliphatic carbocycles. The van der Waals surface area contributed by atoms with Crippen molar-refractivity contribution in [2.24, 2.45) is 0 Å². The fourth-order valence-corrected chi connectivity index (χ4v) is 4.41. The third kappa shape index (κ3) is 7.22. The Labute approximate surface area is 163 Å². The number of hydrogen-bond acceptors (Lipinski definition) is 6. The first-order chi connectivity index (χ1) is 12.5. The van der Waals surface area contributed by atoms with E-state index in [1.165, 1.54) is 6.92 Å². The average Bonchev–Trinajstić information content (AvgIpc) is 2.53. The van der Waals surface area contributed by atoms with E-state index in [0.717, 1.165) is 45.3 Å². The number of hydrogen-bond donors (Lipinski definition) is 2. The molecule has 0 saturated heterocycles. The number of fused-ring (bicyclic) bond motifs is 4. The van der Waals surface area contributed by atoms with Gasteiger partial charge in [-0.05, 0) is 53.4 Å². The van der Waals surface area contributed by atoms with E-state index in [1.54, 1.807) is 30.4 Å². The van der Waals surface area contributed by atoms with Crippen LogP contribution in [0.5, 0.6) is 11.5 Å². The average molecular weight is 393 g/mol. The molecule has 0 saturated carbocycles.